The first kappa shape index (κ1) is 24.0. The first-order valence-corrected chi connectivity index (χ1v) is 11.9. The third kappa shape index (κ3) is 5.91. The number of nitrogens with one attached hydrogen (secondary N) is 3. The van der Waals surface area contributed by atoms with Crippen molar-refractivity contribution >= 4 is 46.1 Å². The number of rotatable bonds is 8. The van der Waals surface area contributed by atoms with Gasteiger partial charge in [0, 0.05) is 40.5 Å². The Hall–Kier alpha value is -4.76. The van der Waals surface area contributed by atoms with Crippen LogP contribution < -0.4 is 10.6 Å². The van der Waals surface area contributed by atoms with Crippen LogP contribution >= 0.6 is 11.6 Å². The lowest BCUT2D eigenvalue weighted by molar-refractivity contribution is -0.123. The number of tetrazole rings is 1. The van der Waals surface area contributed by atoms with Crippen molar-refractivity contribution in [2.24, 2.45) is 0 Å². The van der Waals surface area contributed by atoms with E-state index in [-0.39, 0.29) is 5.91 Å². The molecule has 2 aromatic heterocycles. The normalized spacial score (nSPS) is 12.0. The summed E-state index contributed by atoms with van der Waals surface area (Å²) in [6.45, 7) is 0. The third-order valence-electron chi connectivity index (χ3n) is 5.74. The van der Waals surface area contributed by atoms with E-state index in [0.717, 1.165) is 16.5 Å². The summed E-state index contributed by atoms with van der Waals surface area (Å²) in [5.74, 6) is -0.757. The van der Waals surface area contributed by atoms with Crippen LogP contribution in [0.3, 0.4) is 0 Å². The molecule has 2 amide bonds. The fourth-order valence-corrected chi connectivity index (χ4v) is 4.12. The van der Waals surface area contributed by atoms with Crippen molar-refractivity contribution in [3.63, 3.8) is 0 Å². The highest BCUT2D eigenvalue weighted by atomic mass is 35.5. The lowest BCUT2D eigenvalue weighted by Gasteiger charge is -2.18. The minimum Gasteiger partial charge on any atom is -0.361 e. The maximum atomic E-state index is 13.3. The molecule has 10 heteroatoms. The van der Waals surface area contributed by atoms with E-state index in [2.05, 4.69) is 31.1 Å². The highest BCUT2D eigenvalue weighted by molar-refractivity contribution is 6.30. The molecule has 0 bridgehead atoms. The minimum absolute atomic E-state index is 0.323. The number of aromatic amines is 1. The Morgan fingerprint density at radius 3 is 2.73 bits per heavy atom. The van der Waals surface area contributed by atoms with Crippen LogP contribution in [0.5, 0.6) is 0 Å². The summed E-state index contributed by atoms with van der Waals surface area (Å²) in [5, 5.41) is 18.5. The predicted octanol–water partition coefficient (Wildman–Crippen LogP) is 4.18. The molecule has 184 valence electrons. The van der Waals surface area contributed by atoms with Gasteiger partial charge in [-0.25, -0.2) is 0 Å². The standard InChI is InChI=1S/C27H22ClN7O2/c28-21-8-10-25(35-17-30-33-34-35)20(15-21)7-11-26(36)32-24(14-18-4-2-1-3-5-18)27(37)31-22-9-6-19-12-13-29-23(19)16-22/h1-13,15-17,24,29H,14H2,(H,31,37)(H,32,36)/b11-7+. The molecule has 2 heterocycles. The average Bonchev–Trinajstić information content (AvgIpc) is 3.60. The van der Waals surface area contributed by atoms with Crippen LogP contribution in [0.4, 0.5) is 5.69 Å². The Labute approximate surface area is 217 Å². The third-order valence-corrected chi connectivity index (χ3v) is 5.97. The van der Waals surface area contributed by atoms with Crippen molar-refractivity contribution < 1.29 is 9.59 Å². The van der Waals surface area contributed by atoms with Gasteiger partial charge < -0.3 is 15.6 Å². The maximum absolute atomic E-state index is 13.3. The van der Waals surface area contributed by atoms with Gasteiger partial charge in [0.25, 0.3) is 0 Å². The van der Waals surface area contributed by atoms with Crippen LogP contribution in [-0.4, -0.2) is 43.0 Å². The molecule has 37 heavy (non-hydrogen) atoms. The molecule has 1 unspecified atom stereocenters. The number of hydrogen-bond donors (Lipinski definition) is 3. The van der Waals surface area contributed by atoms with Crippen molar-refractivity contribution in [3.8, 4) is 5.69 Å². The van der Waals surface area contributed by atoms with Gasteiger partial charge in [-0.05, 0) is 63.9 Å². The smallest absolute Gasteiger partial charge is 0.247 e. The van der Waals surface area contributed by atoms with Gasteiger partial charge in [-0.2, -0.15) is 4.68 Å². The van der Waals surface area contributed by atoms with Gasteiger partial charge in [0.2, 0.25) is 11.8 Å². The second kappa shape index (κ2) is 10.9. The highest BCUT2D eigenvalue weighted by Crippen LogP contribution is 2.21. The van der Waals surface area contributed by atoms with Crippen molar-refractivity contribution in [2.75, 3.05) is 5.32 Å². The van der Waals surface area contributed by atoms with Crippen molar-refractivity contribution in [3.05, 3.63) is 108 Å². The quantitative estimate of drug-likeness (QED) is 0.270. The van der Waals surface area contributed by atoms with E-state index < -0.39 is 11.9 Å². The molecule has 1 atom stereocenters. The zero-order chi connectivity index (χ0) is 25.6. The van der Waals surface area contributed by atoms with Gasteiger partial charge >= 0.3 is 0 Å². The molecule has 0 aliphatic carbocycles. The lowest BCUT2D eigenvalue weighted by atomic mass is 10.0. The predicted molar refractivity (Wildman–Crippen MR) is 142 cm³/mol. The summed E-state index contributed by atoms with van der Waals surface area (Å²) >= 11 is 6.17. The van der Waals surface area contributed by atoms with Crippen LogP contribution in [0.1, 0.15) is 11.1 Å². The van der Waals surface area contributed by atoms with Crippen LogP contribution in [0, 0.1) is 0 Å². The molecule has 3 N–H and O–H groups in total. The van der Waals surface area contributed by atoms with Crippen LogP contribution in [0.15, 0.2) is 91.4 Å². The van der Waals surface area contributed by atoms with E-state index in [9.17, 15) is 9.59 Å². The van der Waals surface area contributed by atoms with Gasteiger partial charge in [-0.15, -0.1) is 5.10 Å². The van der Waals surface area contributed by atoms with Gasteiger partial charge in [0.05, 0.1) is 5.69 Å². The van der Waals surface area contributed by atoms with E-state index in [1.165, 1.54) is 17.1 Å². The molecule has 0 aliphatic heterocycles. The number of nitrogens with zero attached hydrogens (tertiary/aromatic N) is 4. The molecule has 0 radical (unpaired) electrons. The summed E-state index contributed by atoms with van der Waals surface area (Å²) in [6, 6.07) is 21.4. The van der Waals surface area contributed by atoms with Crippen LogP contribution in [0.2, 0.25) is 5.02 Å². The number of halogens is 1. The molecule has 0 saturated carbocycles. The number of amides is 2. The lowest BCUT2D eigenvalue weighted by Crippen LogP contribution is -2.44. The first-order valence-electron chi connectivity index (χ1n) is 11.5. The average molecular weight is 512 g/mol. The van der Waals surface area contributed by atoms with E-state index in [1.54, 1.807) is 24.3 Å². The number of H-pyrrole nitrogens is 1. The Kier molecular flexibility index (Phi) is 7.05. The number of carbonyl (C=O) groups is 2. The van der Waals surface area contributed by atoms with E-state index >= 15 is 0 Å². The van der Waals surface area contributed by atoms with Crippen molar-refractivity contribution in [1.82, 2.24) is 30.5 Å². The second-order valence-corrected chi connectivity index (χ2v) is 8.75. The molecular formula is C27H22ClN7O2. The van der Waals surface area contributed by atoms with Crippen molar-refractivity contribution in [2.45, 2.75) is 12.5 Å². The number of carbonyl (C=O) groups excluding carboxylic acids is 2. The summed E-state index contributed by atoms with van der Waals surface area (Å²) in [7, 11) is 0. The number of hydrogen-bond acceptors (Lipinski definition) is 5. The number of benzene rings is 3. The molecule has 5 rings (SSSR count). The van der Waals surface area contributed by atoms with Crippen LogP contribution in [0.25, 0.3) is 22.7 Å². The molecule has 0 fully saturated rings. The first-order chi connectivity index (χ1) is 18.0. The van der Waals surface area contributed by atoms with Crippen LogP contribution in [-0.2, 0) is 16.0 Å². The summed E-state index contributed by atoms with van der Waals surface area (Å²) < 4.78 is 1.47. The molecule has 3 aromatic carbocycles. The Bertz CT molecular complexity index is 1560. The van der Waals surface area contributed by atoms with Gasteiger partial charge in [0.15, 0.2) is 0 Å². The highest BCUT2D eigenvalue weighted by Gasteiger charge is 2.21. The molecule has 0 aliphatic rings. The topological polar surface area (TPSA) is 118 Å². The van der Waals surface area contributed by atoms with Crippen molar-refractivity contribution in [1.29, 1.82) is 0 Å². The van der Waals surface area contributed by atoms with Gasteiger partial charge in [-0.1, -0.05) is 48.0 Å². The fraction of sp³-hybridized carbons (Fsp3) is 0.0741. The van der Waals surface area contributed by atoms with E-state index in [4.69, 9.17) is 11.6 Å². The summed E-state index contributed by atoms with van der Waals surface area (Å²) in [6.07, 6.45) is 6.58. The van der Waals surface area contributed by atoms with Gasteiger partial charge in [-0.3, -0.25) is 9.59 Å². The zero-order valence-corrected chi connectivity index (χ0v) is 20.3. The summed E-state index contributed by atoms with van der Waals surface area (Å²) in [4.78, 5) is 29.3. The SMILES string of the molecule is O=C(/C=C/c1cc(Cl)ccc1-n1cnnn1)NC(Cc1ccccc1)C(=O)Nc1ccc2cc[nH]c2c1. The molecular weight excluding hydrogens is 490 g/mol. The molecule has 9 nitrogen and oxygen atoms in total. The van der Waals surface area contributed by atoms with Gasteiger partial charge in [0.1, 0.15) is 12.4 Å². The van der Waals surface area contributed by atoms with E-state index in [0.29, 0.717) is 28.4 Å². The minimum atomic E-state index is -0.808. The number of anilines is 1. The Morgan fingerprint density at radius 1 is 1.05 bits per heavy atom. The molecule has 0 spiro atoms. The Balaban J connectivity index is 1.35. The number of aromatic nitrogens is 5. The van der Waals surface area contributed by atoms with E-state index in [1.807, 2.05) is 60.8 Å². The monoisotopic (exact) mass is 511 g/mol. The second-order valence-electron chi connectivity index (χ2n) is 8.31. The maximum Gasteiger partial charge on any atom is 0.247 e. The molecule has 5 aromatic rings. The number of fused-ring (bicyclic) bond motifs is 1. The Morgan fingerprint density at radius 2 is 1.92 bits per heavy atom. The summed E-state index contributed by atoms with van der Waals surface area (Å²) in [5.41, 5.74) is 3.75. The molecule has 0 saturated heterocycles. The fourth-order valence-electron chi connectivity index (χ4n) is 3.94. The zero-order valence-electron chi connectivity index (χ0n) is 19.5. The largest absolute Gasteiger partial charge is 0.361 e.